The van der Waals surface area contributed by atoms with Crippen molar-refractivity contribution in [3.63, 3.8) is 0 Å². The highest BCUT2D eigenvalue weighted by molar-refractivity contribution is 5.92. The summed E-state index contributed by atoms with van der Waals surface area (Å²) in [5, 5.41) is 2.97. The maximum Gasteiger partial charge on any atom is 0.272 e. The molecule has 1 aliphatic heterocycles. The largest absolute Gasteiger partial charge is 0.336 e. The molecule has 0 bridgehead atoms. The van der Waals surface area contributed by atoms with Crippen LogP contribution in [-0.4, -0.2) is 83.8 Å². The number of likely N-dealkylation sites (N-methyl/N-ethyl adjacent to an activating group) is 2. The number of likely N-dealkylation sites (tertiary alicyclic amines) is 1. The molecule has 1 amide bonds. The van der Waals surface area contributed by atoms with Crippen molar-refractivity contribution in [2.75, 3.05) is 47.3 Å². The Morgan fingerprint density at radius 2 is 1.93 bits per heavy atom. The van der Waals surface area contributed by atoms with E-state index in [1.807, 2.05) is 35.2 Å². The maximum atomic E-state index is 12.9. The molecule has 0 saturated carbocycles. The van der Waals surface area contributed by atoms with Gasteiger partial charge >= 0.3 is 0 Å². The molecule has 0 aliphatic carbocycles. The molecule has 1 N–H and O–H groups in total. The number of piperidine rings is 1. The van der Waals surface area contributed by atoms with E-state index in [0.717, 1.165) is 38.2 Å². The zero-order valence-electron chi connectivity index (χ0n) is 16.4. The quantitative estimate of drug-likeness (QED) is 0.830. The van der Waals surface area contributed by atoms with E-state index in [9.17, 15) is 9.59 Å². The van der Waals surface area contributed by atoms with Crippen LogP contribution in [0.2, 0.25) is 0 Å². The average Bonchev–Trinajstić information content (AvgIpc) is 3.08. The first-order chi connectivity index (χ1) is 13.0. The molecule has 1 saturated heterocycles. The van der Waals surface area contributed by atoms with E-state index >= 15 is 0 Å². The van der Waals surface area contributed by atoms with Crippen LogP contribution in [0.3, 0.4) is 0 Å². The first-order valence-electron chi connectivity index (χ1n) is 9.47. The van der Waals surface area contributed by atoms with Gasteiger partial charge in [0.1, 0.15) is 5.69 Å². The van der Waals surface area contributed by atoms with Gasteiger partial charge in [0.15, 0.2) is 0 Å². The number of aromatic amines is 1. The van der Waals surface area contributed by atoms with Crippen molar-refractivity contribution in [2.45, 2.75) is 18.9 Å². The van der Waals surface area contributed by atoms with Crippen molar-refractivity contribution >= 4 is 5.91 Å². The lowest BCUT2D eigenvalue weighted by Crippen LogP contribution is -2.49. The van der Waals surface area contributed by atoms with Crippen molar-refractivity contribution in [2.24, 2.45) is 0 Å². The Balaban J connectivity index is 1.70. The number of benzene rings is 1. The molecule has 1 atom stereocenters. The third-order valence-corrected chi connectivity index (χ3v) is 5.17. The highest BCUT2D eigenvalue weighted by Gasteiger charge is 2.28. The number of nitrogens with zero attached hydrogens (tertiary/aromatic N) is 4. The summed E-state index contributed by atoms with van der Waals surface area (Å²) in [6.07, 6.45) is 2.07. The SMILES string of the molecule is CN(C)CCN(C)[C@@H]1CCCN(C(=O)c2cc(=O)n(-c3ccccc3)[nH]2)C1. The van der Waals surface area contributed by atoms with Gasteiger partial charge in [0.25, 0.3) is 11.5 Å². The molecule has 7 nitrogen and oxygen atoms in total. The van der Waals surface area contributed by atoms with E-state index in [0.29, 0.717) is 18.3 Å². The minimum absolute atomic E-state index is 0.104. The molecule has 2 aromatic rings. The van der Waals surface area contributed by atoms with Gasteiger partial charge in [0.05, 0.1) is 5.69 Å². The predicted octanol–water partition coefficient (Wildman–Crippen LogP) is 1.26. The summed E-state index contributed by atoms with van der Waals surface area (Å²) in [6.45, 7) is 3.39. The van der Waals surface area contributed by atoms with Crippen LogP contribution in [0.4, 0.5) is 0 Å². The van der Waals surface area contributed by atoms with E-state index in [1.54, 1.807) is 0 Å². The zero-order chi connectivity index (χ0) is 19.4. The third-order valence-electron chi connectivity index (χ3n) is 5.17. The fourth-order valence-corrected chi connectivity index (χ4v) is 3.48. The molecule has 3 rings (SSSR count). The number of amides is 1. The van der Waals surface area contributed by atoms with Crippen LogP contribution in [0.15, 0.2) is 41.2 Å². The van der Waals surface area contributed by atoms with Gasteiger partial charge in [-0.15, -0.1) is 0 Å². The second kappa shape index (κ2) is 8.54. The van der Waals surface area contributed by atoms with Gasteiger partial charge in [-0.2, -0.15) is 0 Å². The Labute approximate surface area is 160 Å². The number of para-hydroxylation sites is 1. The molecule has 0 spiro atoms. The second-order valence-electron chi connectivity index (χ2n) is 7.51. The molecule has 1 fully saturated rings. The van der Waals surface area contributed by atoms with Crippen molar-refractivity contribution in [1.82, 2.24) is 24.5 Å². The van der Waals surface area contributed by atoms with Gasteiger partial charge in [-0.05, 0) is 46.1 Å². The molecule has 1 aliphatic rings. The summed E-state index contributed by atoms with van der Waals surface area (Å²) in [7, 11) is 6.26. The van der Waals surface area contributed by atoms with Gasteiger partial charge in [-0.25, -0.2) is 4.68 Å². The predicted molar refractivity (Wildman–Crippen MR) is 106 cm³/mol. The van der Waals surface area contributed by atoms with Crippen molar-refractivity contribution in [1.29, 1.82) is 0 Å². The molecule has 7 heteroatoms. The van der Waals surface area contributed by atoms with E-state index in [1.165, 1.54) is 10.7 Å². The van der Waals surface area contributed by atoms with Crippen LogP contribution >= 0.6 is 0 Å². The van der Waals surface area contributed by atoms with Crippen molar-refractivity contribution in [3.05, 3.63) is 52.4 Å². The van der Waals surface area contributed by atoms with Crippen molar-refractivity contribution < 1.29 is 4.79 Å². The molecular weight excluding hydrogens is 342 g/mol. The van der Waals surface area contributed by atoms with E-state index in [2.05, 4.69) is 36.0 Å². The highest BCUT2D eigenvalue weighted by Crippen LogP contribution is 2.17. The number of carbonyl (C=O) groups excluding carboxylic acids is 1. The van der Waals surface area contributed by atoms with Crippen LogP contribution in [0, 0.1) is 0 Å². The normalized spacial score (nSPS) is 17.7. The highest BCUT2D eigenvalue weighted by atomic mass is 16.2. The summed E-state index contributed by atoms with van der Waals surface area (Å²) in [5.74, 6) is -0.104. The fraction of sp³-hybridized carbons (Fsp3) is 0.500. The lowest BCUT2D eigenvalue weighted by molar-refractivity contribution is 0.0597. The second-order valence-corrected chi connectivity index (χ2v) is 7.51. The molecule has 0 radical (unpaired) electrons. The van der Waals surface area contributed by atoms with Crippen LogP contribution < -0.4 is 5.56 Å². The van der Waals surface area contributed by atoms with Gasteiger partial charge in [0, 0.05) is 38.3 Å². The fourth-order valence-electron chi connectivity index (χ4n) is 3.48. The number of aromatic nitrogens is 2. The summed E-state index contributed by atoms with van der Waals surface area (Å²) < 4.78 is 1.41. The lowest BCUT2D eigenvalue weighted by atomic mass is 10.0. The summed E-state index contributed by atoms with van der Waals surface area (Å²) >= 11 is 0. The minimum atomic E-state index is -0.221. The Morgan fingerprint density at radius 1 is 1.19 bits per heavy atom. The van der Waals surface area contributed by atoms with E-state index in [-0.39, 0.29) is 11.5 Å². The van der Waals surface area contributed by atoms with Gasteiger partial charge < -0.3 is 14.7 Å². The zero-order valence-corrected chi connectivity index (χ0v) is 16.4. The van der Waals surface area contributed by atoms with Crippen LogP contribution in [0.1, 0.15) is 23.3 Å². The van der Waals surface area contributed by atoms with Crippen LogP contribution in [0.25, 0.3) is 5.69 Å². The Hall–Kier alpha value is -2.38. The average molecular weight is 371 g/mol. The summed E-state index contributed by atoms with van der Waals surface area (Å²) in [4.78, 5) is 31.6. The summed E-state index contributed by atoms with van der Waals surface area (Å²) in [6, 6.07) is 11.0. The number of hydrogen-bond acceptors (Lipinski definition) is 4. The first kappa shape index (κ1) is 19.4. The van der Waals surface area contributed by atoms with Gasteiger partial charge in [-0.1, -0.05) is 18.2 Å². The molecular formula is C20H29N5O2. The third kappa shape index (κ3) is 4.67. The van der Waals surface area contributed by atoms with Crippen LogP contribution in [-0.2, 0) is 0 Å². The van der Waals surface area contributed by atoms with Gasteiger partial charge in [-0.3, -0.25) is 14.7 Å². The lowest BCUT2D eigenvalue weighted by Gasteiger charge is -2.37. The Bertz CT molecular complexity index is 811. The molecule has 146 valence electrons. The van der Waals surface area contributed by atoms with Crippen LogP contribution in [0.5, 0.6) is 0 Å². The van der Waals surface area contributed by atoms with Gasteiger partial charge in [0.2, 0.25) is 0 Å². The molecule has 1 aromatic carbocycles. The number of carbonyl (C=O) groups is 1. The van der Waals surface area contributed by atoms with E-state index < -0.39 is 0 Å². The number of hydrogen-bond donors (Lipinski definition) is 1. The molecule has 0 unspecified atom stereocenters. The standard InChI is InChI=1S/C20H29N5O2/c1-22(2)12-13-23(3)17-10-7-11-24(15-17)20(27)18-14-19(26)25(21-18)16-8-5-4-6-9-16/h4-6,8-9,14,17,21H,7,10-13,15H2,1-3H3/t17-/m1/s1. The monoisotopic (exact) mass is 371 g/mol. The topological polar surface area (TPSA) is 64.6 Å². The molecule has 1 aromatic heterocycles. The summed E-state index contributed by atoms with van der Waals surface area (Å²) in [5.41, 5.74) is 0.850. The van der Waals surface area contributed by atoms with Crippen molar-refractivity contribution in [3.8, 4) is 5.69 Å². The number of nitrogens with one attached hydrogen (secondary N) is 1. The first-order valence-corrected chi connectivity index (χ1v) is 9.47. The smallest absolute Gasteiger partial charge is 0.272 e. The molecule has 27 heavy (non-hydrogen) atoms. The molecule has 2 heterocycles. The minimum Gasteiger partial charge on any atom is -0.336 e. The Kier molecular flexibility index (Phi) is 6.13. The number of rotatable bonds is 6. The Morgan fingerprint density at radius 3 is 2.63 bits per heavy atom. The number of H-pyrrole nitrogens is 1. The van der Waals surface area contributed by atoms with E-state index in [4.69, 9.17) is 0 Å². The maximum absolute atomic E-state index is 12.9.